The van der Waals surface area contributed by atoms with Crippen LogP contribution in [0.25, 0.3) is 0 Å². The summed E-state index contributed by atoms with van der Waals surface area (Å²) in [5.41, 5.74) is 0.755. The molecule has 1 saturated heterocycles. The number of halogens is 1. The molecule has 2 atom stereocenters. The molecular weight excluding hydrogens is 384 g/mol. The Morgan fingerprint density at radius 2 is 1.70 bits per heavy atom. The predicted octanol–water partition coefficient (Wildman–Crippen LogP) is 4.26. The monoisotopic (exact) mass is 406 g/mol. The van der Waals surface area contributed by atoms with Crippen molar-refractivity contribution < 1.29 is 13.2 Å². The van der Waals surface area contributed by atoms with Crippen LogP contribution in [-0.4, -0.2) is 31.7 Å². The van der Waals surface area contributed by atoms with Crippen LogP contribution in [0.4, 0.5) is 5.69 Å². The van der Waals surface area contributed by atoms with E-state index in [4.69, 9.17) is 11.6 Å². The molecule has 1 heterocycles. The minimum absolute atomic E-state index is 0.0893. The Bertz CT molecular complexity index is 921. The zero-order valence-electron chi connectivity index (χ0n) is 15.4. The van der Waals surface area contributed by atoms with Crippen molar-refractivity contribution in [3.05, 3.63) is 59.1 Å². The number of piperidine rings is 1. The van der Waals surface area contributed by atoms with Gasteiger partial charge in [-0.15, -0.1) is 0 Å². The first-order chi connectivity index (χ1) is 12.8. The maximum Gasteiger partial charge on any atom is 0.257 e. The molecule has 0 radical (unpaired) electrons. The highest BCUT2D eigenvalue weighted by Gasteiger charge is 2.32. The van der Waals surface area contributed by atoms with Gasteiger partial charge in [-0.05, 0) is 48.6 Å². The number of hydrogen-bond donors (Lipinski definition) is 1. The van der Waals surface area contributed by atoms with Gasteiger partial charge >= 0.3 is 0 Å². The second-order valence-corrected chi connectivity index (χ2v) is 9.58. The van der Waals surface area contributed by atoms with Gasteiger partial charge in [0.05, 0.1) is 15.5 Å². The molecule has 0 unspecified atom stereocenters. The molecule has 2 aromatic rings. The molecule has 3 rings (SSSR count). The van der Waals surface area contributed by atoms with Gasteiger partial charge in [-0.3, -0.25) is 4.79 Å². The number of carbonyl (C=O) groups excluding carboxylic acids is 1. The maximum absolute atomic E-state index is 13.1. The van der Waals surface area contributed by atoms with Crippen molar-refractivity contribution in [2.24, 2.45) is 11.8 Å². The van der Waals surface area contributed by atoms with Crippen LogP contribution in [0.3, 0.4) is 0 Å². The lowest BCUT2D eigenvalue weighted by molar-refractivity contribution is 0.102. The van der Waals surface area contributed by atoms with E-state index in [0.29, 0.717) is 30.6 Å². The molecule has 1 aliphatic heterocycles. The van der Waals surface area contributed by atoms with Crippen molar-refractivity contribution in [1.82, 2.24) is 4.31 Å². The number of nitrogens with zero attached hydrogens (tertiary/aromatic N) is 1. The molecule has 2 aromatic carbocycles. The standard InChI is InChI=1S/C20H23ClN2O3S/c1-14-10-15(2)13-23(12-14)27(25,26)17-8-9-19(21)18(11-17)20(24)22-16-6-4-3-5-7-16/h3-9,11,14-15H,10,12-13H2,1-2H3,(H,22,24)/t14-,15+. The van der Waals surface area contributed by atoms with Gasteiger partial charge in [-0.2, -0.15) is 4.31 Å². The van der Waals surface area contributed by atoms with Crippen molar-refractivity contribution >= 4 is 33.2 Å². The topological polar surface area (TPSA) is 66.5 Å². The summed E-state index contributed by atoms with van der Waals surface area (Å²) in [5.74, 6) is 0.164. The Balaban J connectivity index is 1.89. The molecule has 0 saturated carbocycles. The number of carbonyl (C=O) groups is 1. The fourth-order valence-corrected chi connectivity index (χ4v) is 5.42. The van der Waals surface area contributed by atoms with Crippen molar-refractivity contribution in [2.45, 2.75) is 25.2 Å². The van der Waals surface area contributed by atoms with Crippen LogP contribution in [0.2, 0.25) is 5.02 Å². The summed E-state index contributed by atoms with van der Waals surface area (Å²) in [6, 6.07) is 13.2. The molecule has 0 aliphatic carbocycles. The average Bonchev–Trinajstić information content (AvgIpc) is 2.62. The Hall–Kier alpha value is -1.89. The van der Waals surface area contributed by atoms with E-state index in [1.807, 2.05) is 6.07 Å². The summed E-state index contributed by atoms with van der Waals surface area (Å²) in [7, 11) is -3.68. The highest BCUT2D eigenvalue weighted by Crippen LogP contribution is 2.29. The molecule has 27 heavy (non-hydrogen) atoms. The van der Waals surface area contributed by atoms with Crippen molar-refractivity contribution in [2.75, 3.05) is 18.4 Å². The molecule has 5 nitrogen and oxygen atoms in total. The van der Waals surface area contributed by atoms with Gasteiger partial charge in [0.2, 0.25) is 10.0 Å². The molecular formula is C20H23ClN2O3S. The van der Waals surface area contributed by atoms with E-state index in [1.165, 1.54) is 22.5 Å². The van der Waals surface area contributed by atoms with Crippen LogP contribution in [-0.2, 0) is 10.0 Å². The summed E-state index contributed by atoms with van der Waals surface area (Å²) < 4.78 is 27.7. The molecule has 1 amide bonds. The maximum atomic E-state index is 13.1. The number of benzene rings is 2. The number of rotatable bonds is 4. The number of amides is 1. The van der Waals surface area contributed by atoms with E-state index in [2.05, 4.69) is 19.2 Å². The molecule has 1 aliphatic rings. The van der Waals surface area contributed by atoms with E-state index in [0.717, 1.165) is 6.42 Å². The third-order valence-electron chi connectivity index (χ3n) is 4.69. The fraction of sp³-hybridized carbons (Fsp3) is 0.350. The lowest BCUT2D eigenvalue weighted by atomic mass is 9.94. The van der Waals surface area contributed by atoms with E-state index >= 15 is 0 Å². The quantitative estimate of drug-likeness (QED) is 0.824. The summed E-state index contributed by atoms with van der Waals surface area (Å²) in [6.45, 7) is 5.08. The first-order valence-electron chi connectivity index (χ1n) is 8.93. The van der Waals surface area contributed by atoms with E-state index in [9.17, 15) is 13.2 Å². The molecule has 1 N–H and O–H groups in total. The molecule has 1 fully saturated rings. The predicted molar refractivity (Wildman–Crippen MR) is 108 cm³/mol. The summed E-state index contributed by atoms with van der Waals surface area (Å²) in [6.07, 6.45) is 1.01. The SMILES string of the molecule is C[C@@H]1C[C@H](C)CN(S(=O)(=O)c2ccc(Cl)c(C(=O)Nc3ccccc3)c2)C1. The fourth-order valence-electron chi connectivity index (χ4n) is 3.51. The minimum Gasteiger partial charge on any atom is -0.322 e. The first-order valence-corrected chi connectivity index (χ1v) is 10.8. The van der Waals surface area contributed by atoms with Gasteiger partial charge in [0, 0.05) is 18.8 Å². The third-order valence-corrected chi connectivity index (χ3v) is 6.84. The van der Waals surface area contributed by atoms with Gasteiger partial charge in [-0.25, -0.2) is 8.42 Å². The Morgan fingerprint density at radius 3 is 2.33 bits per heavy atom. The Labute approximate surface area is 165 Å². The van der Waals surface area contributed by atoms with Crippen molar-refractivity contribution in [3.63, 3.8) is 0 Å². The lowest BCUT2D eigenvalue weighted by Crippen LogP contribution is -2.42. The number of anilines is 1. The van der Waals surface area contributed by atoms with Crippen molar-refractivity contribution in [1.29, 1.82) is 0 Å². The second kappa shape index (κ2) is 8.00. The molecule has 0 bridgehead atoms. The summed E-state index contributed by atoms with van der Waals surface area (Å²) in [5, 5.41) is 2.95. The highest BCUT2D eigenvalue weighted by molar-refractivity contribution is 7.89. The number of para-hydroxylation sites is 1. The minimum atomic E-state index is -3.68. The second-order valence-electron chi connectivity index (χ2n) is 7.23. The van der Waals surface area contributed by atoms with Gasteiger partial charge in [0.1, 0.15) is 0 Å². The molecule has 144 valence electrons. The smallest absolute Gasteiger partial charge is 0.257 e. The zero-order chi connectivity index (χ0) is 19.6. The molecule has 0 aromatic heterocycles. The van der Waals surface area contributed by atoms with E-state index < -0.39 is 15.9 Å². The van der Waals surface area contributed by atoms with Crippen LogP contribution < -0.4 is 5.32 Å². The first kappa shape index (κ1) is 19.9. The number of nitrogens with one attached hydrogen (secondary N) is 1. The Kier molecular flexibility index (Phi) is 5.89. The summed E-state index contributed by atoms with van der Waals surface area (Å²) in [4.78, 5) is 12.7. The molecule has 7 heteroatoms. The zero-order valence-corrected chi connectivity index (χ0v) is 16.9. The average molecular weight is 407 g/mol. The van der Waals surface area contributed by atoms with E-state index in [1.54, 1.807) is 24.3 Å². The largest absolute Gasteiger partial charge is 0.322 e. The van der Waals surface area contributed by atoms with Crippen LogP contribution in [0.1, 0.15) is 30.6 Å². The molecule has 0 spiro atoms. The lowest BCUT2D eigenvalue weighted by Gasteiger charge is -2.34. The van der Waals surface area contributed by atoms with Crippen LogP contribution in [0, 0.1) is 11.8 Å². The van der Waals surface area contributed by atoms with Crippen LogP contribution in [0.5, 0.6) is 0 Å². The Morgan fingerprint density at radius 1 is 1.07 bits per heavy atom. The van der Waals surface area contributed by atoms with Gasteiger partial charge in [-0.1, -0.05) is 43.6 Å². The normalized spacial score (nSPS) is 21.0. The number of hydrogen-bond acceptors (Lipinski definition) is 3. The van der Waals surface area contributed by atoms with Gasteiger partial charge in [0.15, 0.2) is 0 Å². The third kappa shape index (κ3) is 4.51. The number of sulfonamides is 1. The van der Waals surface area contributed by atoms with Crippen molar-refractivity contribution in [3.8, 4) is 0 Å². The summed E-state index contributed by atoms with van der Waals surface area (Å²) >= 11 is 6.17. The highest BCUT2D eigenvalue weighted by atomic mass is 35.5. The van der Waals surface area contributed by atoms with Gasteiger partial charge in [0.25, 0.3) is 5.91 Å². The van der Waals surface area contributed by atoms with Crippen LogP contribution >= 0.6 is 11.6 Å². The van der Waals surface area contributed by atoms with E-state index in [-0.39, 0.29) is 15.5 Å². The van der Waals surface area contributed by atoms with Gasteiger partial charge < -0.3 is 5.32 Å². The van der Waals surface area contributed by atoms with Crippen LogP contribution in [0.15, 0.2) is 53.4 Å².